The number of hydrogen-bond acceptors (Lipinski definition) is 7. The van der Waals surface area contributed by atoms with Crippen molar-refractivity contribution in [2.45, 2.75) is 44.2 Å². The average Bonchev–Trinajstić information content (AvgIpc) is 2.47. The second-order valence-corrected chi connectivity index (χ2v) is 4.96. The molecule has 0 amide bonds. The van der Waals surface area contributed by atoms with Crippen LogP contribution in [0.15, 0.2) is 0 Å². The summed E-state index contributed by atoms with van der Waals surface area (Å²) in [4.78, 5) is 23.6. The first-order valence-electron chi connectivity index (χ1n) is 7.38. The molecule has 0 aromatic heterocycles. The van der Waals surface area contributed by atoms with E-state index in [4.69, 9.17) is 27.3 Å². The van der Waals surface area contributed by atoms with E-state index >= 15 is 0 Å². The minimum absolute atomic E-state index is 0.138. The molecule has 0 saturated carbocycles. The van der Waals surface area contributed by atoms with Gasteiger partial charge in [0, 0.05) is 6.54 Å². The van der Waals surface area contributed by atoms with Crippen LogP contribution in [-0.2, 0) is 14.3 Å². The molecule has 0 fully saturated rings. The van der Waals surface area contributed by atoms with Crippen molar-refractivity contribution in [3.63, 3.8) is 0 Å². The van der Waals surface area contributed by atoms with Gasteiger partial charge in [0.2, 0.25) is 0 Å². The second kappa shape index (κ2) is 11.9. The van der Waals surface area contributed by atoms with Gasteiger partial charge in [0.05, 0.1) is 0 Å². The Hall–Kier alpha value is -1.71. The van der Waals surface area contributed by atoms with E-state index in [2.05, 4.69) is 10.6 Å². The van der Waals surface area contributed by atoms with Gasteiger partial charge in [0.25, 0.3) is 0 Å². The van der Waals surface area contributed by atoms with Crippen molar-refractivity contribution in [1.29, 1.82) is 5.41 Å². The van der Waals surface area contributed by atoms with Crippen LogP contribution in [0.25, 0.3) is 0 Å². The van der Waals surface area contributed by atoms with Crippen LogP contribution in [-0.4, -0.2) is 50.1 Å². The number of nitrogens with two attached hydrogens (primary N) is 3. The highest BCUT2D eigenvalue weighted by Crippen LogP contribution is 2.04. The van der Waals surface area contributed by atoms with Gasteiger partial charge in [-0.1, -0.05) is 6.42 Å². The van der Waals surface area contributed by atoms with Crippen LogP contribution in [0.1, 0.15) is 32.1 Å². The lowest BCUT2D eigenvalue weighted by atomic mass is 10.1. The van der Waals surface area contributed by atoms with Crippen LogP contribution in [0.4, 0.5) is 0 Å². The number of unbranched alkanes of at least 4 members (excludes halogenated alkanes) is 1. The van der Waals surface area contributed by atoms with E-state index in [-0.39, 0.29) is 5.96 Å². The molecule has 9 nitrogen and oxygen atoms in total. The van der Waals surface area contributed by atoms with E-state index in [0.29, 0.717) is 32.4 Å². The number of carbonyl (C=O) groups is 2. The topological polar surface area (TPSA) is 169 Å². The van der Waals surface area contributed by atoms with E-state index in [9.17, 15) is 9.59 Å². The zero-order valence-electron chi connectivity index (χ0n) is 13.1. The number of rotatable bonds is 11. The van der Waals surface area contributed by atoms with E-state index in [0.717, 1.165) is 12.8 Å². The molecule has 0 spiro atoms. The molecule has 2 atom stereocenters. The lowest BCUT2D eigenvalue weighted by Crippen LogP contribution is -2.41. The molecular weight excluding hydrogens is 288 g/mol. The predicted octanol–water partition coefficient (Wildman–Crippen LogP) is -1.64. The highest BCUT2D eigenvalue weighted by Gasteiger charge is 2.24. The zero-order chi connectivity index (χ0) is 17.0. The summed E-state index contributed by atoms with van der Waals surface area (Å²) in [5.41, 5.74) is 16.2. The van der Waals surface area contributed by atoms with Crippen molar-refractivity contribution in [3.8, 4) is 0 Å². The monoisotopic (exact) mass is 316 g/mol. The Bertz CT molecular complexity index is 364. The number of guanidine groups is 1. The Morgan fingerprint density at radius 3 is 2.41 bits per heavy atom. The van der Waals surface area contributed by atoms with Gasteiger partial charge in [-0.25, -0.2) is 9.59 Å². The summed E-state index contributed by atoms with van der Waals surface area (Å²) in [6, 6.07) is -1.42. The molecule has 0 radical (unpaired) electrons. The van der Waals surface area contributed by atoms with E-state index in [1.54, 1.807) is 7.05 Å². The van der Waals surface area contributed by atoms with Gasteiger partial charge < -0.3 is 32.6 Å². The lowest BCUT2D eigenvalue weighted by molar-refractivity contribution is -0.162. The van der Waals surface area contributed by atoms with Gasteiger partial charge in [0.15, 0.2) is 5.96 Å². The predicted molar refractivity (Wildman–Crippen MR) is 84.0 cm³/mol. The fourth-order valence-corrected chi connectivity index (χ4v) is 1.78. The molecule has 0 heterocycles. The molecule has 9 heteroatoms. The molecule has 0 aliphatic rings. The molecule has 128 valence electrons. The number of hydrogen-bond donors (Lipinski definition) is 6. The molecule has 0 aliphatic carbocycles. The van der Waals surface area contributed by atoms with Crippen LogP contribution in [0.3, 0.4) is 0 Å². The number of nitrogens with one attached hydrogen (secondary N) is 3. The summed E-state index contributed by atoms with van der Waals surface area (Å²) < 4.78 is 4.79. The number of ether oxygens (including phenoxy) is 1. The van der Waals surface area contributed by atoms with Crippen molar-refractivity contribution >= 4 is 17.9 Å². The van der Waals surface area contributed by atoms with Gasteiger partial charge >= 0.3 is 11.9 Å². The molecule has 0 aliphatic heterocycles. The maximum atomic E-state index is 11.9. The summed E-state index contributed by atoms with van der Waals surface area (Å²) in [5.74, 6) is -1.51. The fraction of sp³-hybridized carbons (Fsp3) is 0.769. The third-order valence-corrected chi connectivity index (χ3v) is 3.09. The Morgan fingerprint density at radius 2 is 1.86 bits per heavy atom. The Balaban J connectivity index is 4.09. The summed E-state index contributed by atoms with van der Waals surface area (Å²) in [7, 11) is 1.63. The SMILES string of the molecule is CN[C@@H](CCCCN)C(=O)OC(=O)[C@H](N)CCCNC(=N)N. The average molecular weight is 316 g/mol. The van der Waals surface area contributed by atoms with E-state index in [1.165, 1.54) is 0 Å². The van der Waals surface area contributed by atoms with E-state index < -0.39 is 24.0 Å². The Morgan fingerprint density at radius 1 is 1.18 bits per heavy atom. The normalized spacial score (nSPS) is 13.2. The highest BCUT2D eigenvalue weighted by molar-refractivity contribution is 5.90. The standard InChI is InChI=1S/C13H28N6O3/c1-18-10(6-2-3-7-14)12(21)22-11(20)9(15)5-4-8-19-13(16)17/h9-10,18H,2-8,14-15H2,1H3,(H4,16,17,19)/t9-,10+/m1/s1. The minimum atomic E-state index is -0.876. The van der Waals surface area contributed by atoms with Crippen molar-refractivity contribution < 1.29 is 14.3 Å². The smallest absolute Gasteiger partial charge is 0.330 e. The van der Waals surface area contributed by atoms with Crippen molar-refractivity contribution in [1.82, 2.24) is 10.6 Å². The maximum Gasteiger partial charge on any atom is 0.330 e. The van der Waals surface area contributed by atoms with Crippen LogP contribution in [0, 0.1) is 5.41 Å². The molecule has 0 bridgehead atoms. The third kappa shape index (κ3) is 9.27. The van der Waals surface area contributed by atoms with Crippen molar-refractivity contribution in [2.75, 3.05) is 20.1 Å². The first-order valence-corrected chi connectivity index (χ1v) is 7.38. The van der Waals surface area contributed by atoms with Crippen LogP contribution < -0.4 is 27.8 Å². The largest absolute Gasteiger partial charge is 0.391 e. The molecule has 22 heavy (non-hydrogen) atoms. The van der Waals surface area contributed by atoms with E-state index in [1.807, 2.05) is 0 Å². The van der Waals surface area contributed by atoms with Gasteiger partial charge in [0.1, 0.15) is 12.1 Å². The van der Waals surface area contributed by atoms with Crippen molar-refractivity contribution in [2.24, 2.45) is 17.2 Å². The molecule has 0 unspecified atom stereocenters. The maximum absolute atomic E-state index is 11.9. The Labute approximate surface area is 130 Å². The second-order valence-electron chi connectivity index (χ2n) is 4.96. The van der Waals surface area contributed by atoms with Crippen molar-refractivity contribution in [3.05, 3.63) is 0 Å². The molecule has 0 rings (SSSR count). The highest BCUT2D eigenvalue weighted by atomic mass is 16.6. The Kier molecular flexibility index (Phi) is 11.0. The first-order chi connectivity index (χ1) is 10.4. The molecule has 0 aromatic rings. The number of esters is 2. The van der Waals surface area contributed by atoms with Crippen LogP contribution in [0.2, 0.25) is 0 Å². The fourth-order valence-electron chi connectivity index (χ4n) is 1.78. The van der Waals surface area contributed by atoms with Gasteiger partial charge in [-0.15, -0.1) is 0 Å². The quantitative estimate of drug-likeness (QED) is 0.0866. The third-order valence-electron chi connectivity index (χ3n) is 3.09. The van der Waals surface area contributed by atoms with Gasteiger partial charge in [-0.2, -0.15) is 0 Å². The van der Waals surface area contributed by atoms with Crippen LogP contribution in [0.5, 0.6) is 0 Å². The summed E-state index contributed by atoms with van der Waals surface area (Å²) in [6.45, 7) is 0.992. The lowest BCUT2D eigenvalue weighted by Gasteiger charge is -2.16. The minimum Gasteiger partial charge on any atom is -0.391 e. The van der Waals surface area contributed by atoms with Gasteiger partial charge in [-0.3, -0.25) is 5.41 Å². The van der Waals surface area contributed by atoms with Gasteiger partial charge in [-0.05, 0) is 39.3 Å². The number of likely N-dealkylation sites (N-methyl/N-ethyl adjacent to an activating group) is 1. The zero-order valence-corrected chi connectivity index (χ0v) is 13.1. The number of carbonyl (C=O) groups excluding carboxylic acids is 2. The molecule has 0 saturated heterocycles. The summed E-state index contributed by atoms with van der Waals surface area (Å²) >= 11 is 0. The molecular formula is C13H28N6O3. The molecule has 9 N–H and O–H groups in total. The summed E-state index contributed by atoms with van der Waals surface area (Å²) in [6.07, 6.45) is 3.01. The summed E-state index contributed by atoms with van der Waals surface area (Å²) in [5, 5.41) is 12.4. The van der Waals surface area contributed by atoms with Crippen LogP contribution >= 0.6 is 0 Å². The first kappa shape index (κ1) is 20.3. The molecule has 0 aromatic carbocycles.